The van der Waals surface area contributed by atoms with Gasteiger partial charge in [0.05, 0.1) is 5.75 Å². The second-order valence-electron chi connectivity index (χ2n) is 3.99. The van der Waals surface area contributed by atoms with E-state index in [0.717, 1.165) is 12.8 Å². The summed E-state index contributed by atoms with van der Waals surface area (Å²) in [7, 11) is -3.12. The quantitative estimate of drug-likeness (QED) is 0.682. The maximum atomic E-state index is 11.7. The predicted octanol–water partition coefficient (Wildman–Crippen LogP) is 1.43. The number of rotatable bonds is 3. The molecular formula is C8H16ClNO2S. The molecule has 78 valence electrons. The minimum Gasteiger partial charge on any atom is -0.212 e. The van der Waals surface area contributed by atoms with Crippen LogP contribution in [0.15, 0.2) is 0 Å². The highest BCUT2D eigenvalue weighted by Crippen LogP contribution is 2.30. The molecule has 1 heterocycles. The number of alkyl halides is 1. The summed E-state index contributed by atoms with van der Waals surface area (Å²) in [4.78, 5) is 0. The van der Waals surface area contributed by atoms with Crippen LogP contribution in [-0.4, -0.2) is 36.4 Å². The number of halogens is 1. The van der Waals surface area contributed by atoms with Gasteiger partial charge in [-0.05, 0) is 26.7 Å². The van der Waals surface area contributed by atoms with Crippen LogP contribution in [0.5, 0.6) is 0 Å². The molecule has 3 nitrogen and oxygen atoms in total. The Labute approximate surface area is 85.1 Å². The third kappa shape index (κ3) is 2.36. The van der Waals surface area contributed by atoms with Crippen LogP contribution < -0.4 is 0 Å². The number of nitrogens with zero attached hydrogens (tertiary/aromatic N) is 1. The minimum absolute atomic E-state index is 0.0536. The Morgan fingerprint density at radius 3 is 2.46 bits per heavy atom. The molecule has 0 bridgehead atoms. The molecule has 0 amide bonds. The van der Waals surface area contributed by atoms with Crippen LogP contribution in [-0.2, 0) is 10.0 Å². The average molecular weight is 226 g/mol. The highest BCUT2D eigenvalue weighted by molar-refractivity contribution is 7.89. The van der Waals surface area contributed by atoms with Crippen molar-refractivity contribution in [3.63, 3.8) is 0 Å². The van der Waals surface area contributed by atoms with E-state index in [9.17, 15) is 8.42 Å². The molecule has 1 rings (SSSR count). The summed E-state index contributed by atoms with van der Waals surface area (Å²) in [5.74, 6) is 0.229. The molecule has 1 saturated heterocycles. The summed E-state index contributed by atoms with van der Waals surface area (Å²) in [6.07, 6.45) is 1.89. The van der Waals surface area contributed by atoms with Crippen molar-refractivity contribution in [1.82, 2.24) is 4.31 Å². The average Bonchev–Trinajstić information content (AvgIpc) is 2.29. The zero-order chi connectivity index (χ0) is 10.1. The molecule has 0 N–H and O–H groups in total. The topological polar surface area (TPSA) is 37.4 Å². The van der Waals surface area contributed by atoms with E-state index in [-0.39, 0.29) is 17.2 Å². The van der Waals surface area contributed by atoms with Gasteiger partial charge in [0.15, 0.2) is 0 Å². The van der Waals surface area contributed by atoms with Crippen molar-refractivity contribution in [2.45, 2.75) is 32.2 Å². The van der Waals surface area contributed by atoms with E-state index < -0.39 is 10.0 Å². The molecule has 1 aliphatic heterocycles. The lowest BCUT2D eigenvalue weighted by atomic mass is 10.0. The van der Waals surface area contributed by atoms with E-state index in [4.69, 9.17) is 11.6 Å². The van der Waals surface area contributed by atoms with Gasteiger partial charge >= 0.3 is 0 Å². The molecule has 1 aliphatic rings. The summed E-state index contributed by atoms with van der Waals surface area (Å²) in [5.41, 5.74) is -0.217. The first kappa shape index (κ1) is 11.3. The fraction of sp³-hybridized carbons (Fsp3) is 1.00. The molecule has 0 aliphatic carbocycles. The monoisotopic (exact) mass is 225 g/mol. The number of sulfonamides is 1. The Morgan fingerprint density at radius 1 is 1.46 bits per heavy atom. The van der Waals surface area contributed by atoms with Crippen molar-refractivity contribution in [3.05, 3.63) is 0 Å². The number of hydrogen-bond acceptors (Lipinski definition) is 2. The minimum atomic E-state index is -3.12. The first-order valence-electron chi connectivity index (χ1n) is 4.47. The van der Waals surface area contributed by atoms with Gasteiger partial charge in [0, 0.05) is 18.0 Å². The molecule has 0 spiro atoms. The lowest BCUT2D eigenvalue weighted by molar-refractivity contribution is 0.292. The molecule has 5 heteroatoms. The Balaban J connectivity index is 2.83. The zero-order valence-electron chi connectivity index (χ0n) is 8.09. The zero-order valence-corrected chi connectivity index (χ0v) is 9.66. The Bertz CT molecular complexity index is 274. The third-order valence-corrected chi connectivity index (χ3v) is 4.98. The van der Waals surface area contributed by atoms with Crippen LogP contribution in [0.25, 0.3) is 0 Å². The van der Waals surface area contributed by atoms with E-state index in [1.165, 1.54) is 0 Å². The van der Waals surface area contributed by atoms with Gasteiger partial charge in [-0.25, -0.2) is 8.42 Å². The van der Waals surface area contributed by atoms with Crippen molar-refractivity contribution in [2.75, 3.05) is 18.2 Å². The summed E-state index contributed by atoms with van der Waals surface area (Å²) in [6, 6.07) is 0. The van der Waals surface area contributed by atoms with Crippen LogP contribution >= 0.6 is 11.6 Å². The van der Waals surface area contributed by atoms with Gasteiger partial charge < -0.3 is 0 Å². The van der Waals surface area contributed by atoms with Crippen molar-refractivity contribution in [3.8, 4) is 0 Å². The van der Waals surface area contributed by atoms with Gasteiger partial charge in [0.2, 0.25) is 10.0 Å². The normalized spacial score (nSPS) is 23.6. The molecule has 0 aromatic carbocycles. The Kier molecular flexibility index (Phi) is 3.25. The van der Waals surface area contributed by atoms with E-state index in [1.807, 2.05) is 13.8 Å². The van der Waals surface area contributed by atoms with Crippen molar-refractivity contribution < 1.29 is 8.42 Å². The Morgan fingerprint density at radius 2 is 2.08 bits per heavy atom. The predicted molar refractivity (Wildman–Crippen MR) is 54.5 cm³/mol. The fourth-order valence-corrected chi connectivity index (χ4v) is 4.06. The van der Waals surface area contributed by atoms with Gasteiger partial charge in [-0.2, -0.15) is 4.31 Å². The molecule has 0 saturated carbocycles. The first-order valence-corrected chi connectivity index (χ1v) is 6.61. The van der Waals surface area contributed by atoms with Crippen molar-refractivity contribution in [2.24, 2.45) is 0 Å². The smallest absolute Gasteiger partial charge is 0.212 e. The maximum Gasteiger partial charge on any atom is 0.215 e. The fourth-order valence-electron chi connectivity index (χ4n) is 1.81. The van der Waals surface area contributed by atoms with Crippen LogP contribution in [0.4, 0.5) is 0 Å². The summed E-state index contributed by atoms with van der Waals surface area (Å²) < 4.78 is 25.0. The van der Waals surface area contributed by atoms with E-state index in [0.29, 0.717) is 6.54 Å². The molecule has 0 atom stereocenters. The van der Waals surface area contributed by atoms with Gasteiger partial charge in [-0.1, -0.05) is 0 Å². The molecule has 13 heavy (non-hydrogen) atoms. The van der Waals surface area contributed by atoms with Gasteiger partial charge in [-0.3, -0.25) is 0 Å². The molecule has 1 fully saturated rings. The van der Waals surface area contributed by atoms with Gasteiger partial charge in [0.25, 0.3) is 0 Å². The van der Waals surface area contributed by atoms with E-state index in [1.54, 1.807) is 4.31 Å². The van der Waals surface area contributed by atoms with Crippen LogP contribution in [0.2, 0.25) is 0 Å². The SMILES string of the molecule is CC1(C)CCCN1S(=O)(=O)CCCl. The second kappa shape index (κ2) is 3.75. The second-order valence-corrected chi connectivity index (χ2v) is 6.38. The van der Waals surface area contributed by atoms with Gasteiger partial charge in [0.1, 0.15) is 0 Å². The highest BCUT2D eigenvalue weighted by atomic mass is 35.5. The van der Waals surface area contributed by atoms with Gasteiger partial charge in [-0.15, -0.1) is 11.6 Å². The standard InChI is InChI=1S/C8H16ClNO2S/c1-8(2)4-3-6-10(8)13(11,12)7-5-9/h3-7H2,1-2H3. The largest absolute Gasteiger partial charge is 0.215 e. The number of hydrogen-bond donors (Lipinski definition) is 0. The lowest BCUT2D eigenvalue weighted by Crippen LogP contribution is -2.43. The summed E-state index contributed by atoms with van der Waals surface area (Å²) >= 11 is 5.45. The first-order chi connectivity index (χ1) is 5.90. The molecule has 0 radical (unpaired) electrons. The maximum absolute atomic E-state index is 11.7. The molecule has 0 aromatic heterocycles. The van der Waals surface area contributed by atoms with Crippen LogP contribution in [0.1, 0.15) is 26.7 Å². The van der Waals surface area contributed by atoms with Crippen molar-refractivity contribution >= 4 is 21.6 Å². The Hall–Kier alpha value is 0.200. The highest BCUT2D eigenvalue weighted by Gasteiger charge is 2.39. The molecular weight excluding hydrogens is 210 g/mol. The third-order valence-electron chi connectivity index (χ3n) is 2.50. The summed E-state index contributed by atoms with van der Waals surface area (Å²) in [6.45, 7) is 4.57. The van der Waals surface area contributed by atoms with E-state index >= 15 is 0 Å². The molecule has 0 unspecified atom stereocenters. The van der Waals surface area contributed by atoms with Crippen LogP contribution in [0, 0.1) is 0 Å². The van der Waals surface area contributed by atoms with E-state index in [2.05, 4.69) is 0 Å². The van der Waals surface area contributed by atoms with Crippen LogP contribution in [0.3, 0.4) is 0 Å². The summed E-state index contributed by atoms with van der Waals surface area (Å²) in [5, 5.41) is 0. The molecule has 0 aromatic rings. The van der Waals surface area contributed by atoms with Crippen molar-refractivity contribution in [1.29, 1.82) is 0 Å². The lowest BCUT2D eigenvalue weighted by Gasteiger charge is -2.30.